The van der Waals surface area contributed by atoms with Crippen LogP contribution in [0.5, 0.6) is 0 Å². The lowest BCUT2D eigenvalue weighted by Gasteiger charge is -2.34. The predicted octanol–water partition coefficient (Wildman–Crippen LogP) is 8.72. The molecule has 3 nitrogen and oxygen atoms in total. The zero-order valence-electron chi connectivity index (χ0n) is 16.9. The van der Waals surface area contributed by atoms with Crippen molar-refractivity contribution in [1.82, 2.24) is 0 Å². The minimum Gasteiger partial charge on any atom is -0.270 e. The number of para-hydroxylation sites is 2. The molecule has 1 aliphatic carbocycles. The average Bonchev–Trinajstić information content (AvgIpc) is 3.02. The van der Waals surface area contributed by atoms with Crippen LogP contribution in [0, 0.1) is 0 Å². The molecule has 31 heavy (non-hydrogen) atoms. The Morgan fingerprint density at radius 2 is 1.35 bits per heavy atom. The Bertz CT molecular complexity index is 1230. The molecule has 0 saturated carbocycles. The van der Waals surface area contributed by atoms with Gasteiger partial charge in [0.1, 0.15) is 0 Å². The van der Waals surface area contributed by atoms with Crippen molar-refractivity contribution in [2.24, 2.45) is 0 Å². The molecule has 0 spiro atoms. The topological polar surface area (TPSA) is 23.6 Å². The summed E-state index contributed by atoms with van der Waals surface area (Å²) in [7, 11) is -3.29. The Hall–Kier alpha value is -2.81. The number of hydrogen-bond donors (Lipinski definition) is 0. The number of halogens is 1. The second kappa shape index (κ2) is 8.37. The number of allylic oxidation sites excluding steroid dienone is 6. The molecule has 3 aromatic carbocycles. The molecule has 1 aliphatic heterocycles. The molecule has 5 heteroatoms. The molecule has 1 heterocycles. The predicted molar refractivity (Wildman–Crippen MR) is 135 cm³/mol. The van der Waals surface area contributed by atoms with Gasteiger partial charge in [0.2, 0.25) is 0 Å². The third-order valence-electron chi connectivity index (χ3n) is 5.47. The van der Waals surface area contributed by atoms with E-state index in [1.165, 1.54) is 0 Å². The fraction of sp³-hybridized carbons (Fsp3) is 0.0769. The zero-order valence-corrected chi connectivity index (χ0v) is 19.4. The maximum atomic E-state index is 15.3. The maximum Gasteiger partial charge on any atom is 0.301 e. The summed E-state index contributed by atoms with van der Waals surface area (Å²) in [5, 5.41) is 0.809. The van der Waals surface area contributed by atoms with Crippen molar-refractivity contribution in [2.45, 2.75) is 12.8 Å². The van der Waals surface area contributed by atoms with Crippen LogP contribution in [0.1, 0.15) is 12.8 Å². The quantitative estimate of drug-likeness (QED) is 0.344. The first-order valence-electron chi connectivity index (χ1n) is 10.3. The van der Waals surface area contributed by atoms with Gasteiger partial charge in [-0.15, -0.1) is 0 Å². The van der Waals surface area contributed by atoms with Gasteiger partial charge in [-0.1, -0.05) is 76.6 Å². The van der Waals surface area contributed by atoms with E-state index in [1.807, 2.05) is 100 Å². The summed E-state index contributed by atoms with van der Waals surface area (Å²) < 4.78 is 20.3. The maximum absolute atomic E-state index is 15.3. The van der Waals surface area contributed by atoms with Gasteiger partial charge in [-0.2, -0.15) is 0 Å². The minimum absolute atomic E-state index is 0.809. The monoisotopic (exact) mass is 488 g/mol. The lowest BCUT2D eigenvalue weighted by atomic mass is 10.2. The summed E-state index contributed by atoms with van der Waals surface area (Å²) in [6.07, 6.45) is 12.3. The summed E-state index contributed by atoms with van der Waals surface area (Å²) in [6.45, 7) is 0. The molecule has 1 atom stereocenters. The van der Waals surface area contributed by atoms with Gasteiger partial charge in [0.05, 0.1) is 16.7 Å². The van der Waals surface area contributed by atoms with Crippen LogP contribution in [0.15, 0.2) is 119 Å². The van der Waals surface area contributed by atoms with Crippen molar-refractivity contribution in [2.75, 3.05) is 9.34 Å². The summed E-state index contributed by atoms with van der Waals surface area (Å²) in [5.41, 5.74) is 3.67. The Balaban J connectivity index is 1.84. The second-order valence-electron chi connectivity index (χ2n) is 7.47. The van der Waals surface area contributed by atoms with E-state index < -0.39 is 7.44 Å². The first-order chi connectivity index (χ1) is 15.2. The summed E-state index contributed by atoms with van der Waals surface area (Å²) in [6, 6.07) is 26.1. The molecular weight excluding hydrogens is 467 g/mol. The molecule has 0 amide bonds. The van der Waals surface area contributed by atoms with Gasteiger partial charge in [0.15, 0.2) is 0 Å². The molecule has 0 fully saturated rings. The molecule has 0 saturated heterocycles. The molecule has 0 aromatic heterocycles. The van der Waals surface area contributed by atoms with Crippen LogP contribution in [-0.4, -0.2) is 0 Å². The third kappa shape index (κ3) is 3.50. The second-order valence-corrected chi connectivity index (χ2v) is 10.8. The van der Waals surface area contributed by atoms with Crippen LogP contribution >= 0.6 is 23.4 Å². The molecule has 5 rings (SSSR count). The Morgan fingerprint density at radius 3 is 2.03 bits per heavy atom. The molecule has 2 aliphatic rings. The number of hydrogen-bond acceptors (Lipinski definition) is 1. The van der Waals surface area contributed by atoms with Gasteiger partial charge in [-0.25, -0.2) is 0 Å². The largest absolute Gasteiger partial charge is 0.301 e. The molecule has 0 N–H and O–H groups in total. The molecule has 0 radical (unpaired) electrons. The highest BCUT2D eigenvalue weighted by molar-refractivity contribution is 9.10. The lowest BCUT2D eigenvalue weighted by Crippen LogP contribution is -2.19. The van der Waals surface area contributed by atoms with E-state index in [0.29, 0.717) is 0 Å². The van der Waals surface area contributed by atoms with Crippen LogP contribution in [0.3, 0.4) is 0 Å². The highest BCUT2D eigenvalue weighted by Gasteiger charge is 2.49. The van der Waals surface area contributed by atoms with Gasteiger partial charge in [-0.05, 0) is 61.4 Å². The van der Waals surface area contributed by atoms with E-state index in [9.17, 15) is 0 Å². The lowest BCUT2D eigenvalue weighted by molar-refractivity contribution is 0.581. The minimum atomic E-state index is -3.29. The fourth-order valence-corrected chi connectivity index (χ4v) is 7.47. The first kappa shape index (κ1) is 20.1. The third-order valence-corrected chi connectivity index (χ3v) is 8.91. The Labute approximate surface area is 191 Å². The van der Waals surface area contributed by atoms with Gasteiger partial charge in [0.25, 0.3) is 0 Å². The highest BCUT2D eigenvalue weighted by Crippen LogP contribution is 2.74. The molecule has 0 bridgehead atoms. The zero-order chi connectivity index (χ0) is 21.3. The van der Waals surface area contributed by atoms with E-state index in [1.54, 1.807) is 0 Å². The van der Waals surface area contributed by atoms with Gasteiger partial charge >= 0.3 is 7.44 Å². The van der Waals surface area contributed by atoms with Crippen molar-refractivity contribution < 1.29 is 4.57 Å². The smallest absolute Gasteiger partial charge is 0.270 e. The van der Waals surface area contributed by atoms with Crippen LogP contribution in [0.4, 0.5) is 22.7 Å². The van der Waals surface area contributed by atoms with Crippen LogP contribution < -0.4 is 9.34 Å². The van der Waals surface area contributed by atoms with Gasteiger partial charge in [-0.3, -0.25) is 13.9 Å². The van der Waals surface area contributed by atoms with Crippen molar-refractivity contribution >= 4 is 46.1 Å². The Morgan fingerprint density at radius 1 is 0.742 bits per heavy atom. The van der Waals surface area contributed by atoms with Crippen molar-refractivity contribution in [3.63, 3.8) is 0 Å². The Kier molecular flexibility index (Phi) is 5.43. The van der Waals surface area contributed by atoms with E-state index in [0.717, 1.165) is 45.4 Å². The van der Waals surface area contributed by atoms with Crippen LogP contribution in [0.2, 0.25) is 0 Å². The van der Waals surface area contributed by atoms with E-state index in [-0.39, 0.29) is 0 Å². The van der Waals surface area contributed by atoms with E-state index in [2.05, 4.69) is 34.1 Å². The van der Waals surface area contributed by atoms with E-state index >= 15 is 4.57 Å². The van der Waals surface area contributed by atoms with Gasteiger partial charge in [0, 0.05) is 15.8 Å². The van der Waals surface area contributed by atoms with E-state index in [4.69, 9.17) is 0 Å². The first-order valence-corrected chi connectivity index (χ1v) is 12.7. The number of nitrogens with zero attached hydrogens (tertiary/aromatic N) is 2. The summed E-state index contributed by atoms with van der Waals surface area (Å²) >= 11 is 3.62. The SMILES string of the molecule is O=P1(C2=C/C=C\CC/C=C\2)N(c2ccccc2)c2ccc(Br)cc2N1c1ccccc1. The van der Waals surface area contributed by atoms with Gasteiger partial charge < -0.3 is 0 Å². The summed E-state index contributed by atoms with van der Waals surface area (Å²) in [4.78, 5) is 0. The fourth-order valence-electron chi connectivity index (χ4n) is 4.10. The molecule has 154 valence electrons. The number of rotatable bonds is 3. The molecular formula is C26H22BrN2OP. The molecule has 1 unspecified atom stereocenters. The van der Waals surface area contributed by atoms with Crippen molar-refractivity contribution in [3.8, 4) is 0 Å². The standard InChI is InChI=1S/C26H22BrN2OP/c27-21-18-19-25-26(20-21)29(23-14-8-5-9-15-23)31(30,24-16-10-2-1-3-11-17-24)28(25)22-12-6-4-7-13-22/h2,4-20H,1,3H2/b10-2-,17-11-,24-16+. The summed E-state index contributed by atoms with van der Waals surface area (Å²) in [5.74, 6) is 0. The number of benzene rings is 3. The van der Waals surface area contributed by atoms with Crippen molar-refractivity contribution in [1.29, 1.82) is 0 Å². The number of fused-ring (bicyclic) bond motifs is 1. The number of anilines is 4. The van der Waals surface area contributed by atoms with Crippen LogP contribution in [0.25, 0.3) is 0 Å². The normalized spacial score (nSPS) is 24.0. The highest BCUT2D eigenvalue weighted by atomic mass is 79.9. The van der Waals surface area contributed by atoms with Crippen LogP contribution in [-0.2, 0) is 4.57 Å². The molecule has 3 aromatic rings. The average molecular weight is 489 g/mol. The van der Waals surface area contributed by atoms with Crippen molar-refractivity contribution in [3.05, 3.63) is 119 Å².